The Balaban J connectivity index is 1.75. The first-order chi connectivity index (χ1) is 17.1. The van der Waals surface area contributed by atoms with Crippen LogP contribution in [0.5, 0.6) is 11.5 Å². The number of amides is 1. The Bertz CT molecular complexity index is 1480. The lowest BCUT2D eigenvalue weighted by atomic mass is 9.77. The second-order valence-corrected chi connectivity index (χ2v) is 8.44. The largest absolute Gasteiger partial charge is 0.493 e. The number of methoxy groups -OCH3 is 2. The minimum Gasteiger partial charge on any atom is -0.493 e. The predicted molar refractivity (Wildman–Crippen MR) is 136 cm³/mol. The van der Waals surface area contributed by atoms with Crippen LogP contribution in [-0.4, -0.2) is 25.0 Å². The van der Waals surface area contributed by atoms with Crippen LogP contribution in [0.15, 0.2) is 91.1 Å². The Kier molecular flexibility index (Phi) is 5.72. The Morgan fingerprint density at radius 1 is 0.914 bits per heavy atom. The lowest BCUT2D eigenvalue weighted by molar-refractivity contribution is 0.0697. The number of fused-ring (bicyclic) bond motifs is 2. The lowest BCUT2D eigenvalue weighted by Gasteiger charge is -2.41. The van der Waals surface area contributed by atoms with Gasteiger partial charge in [0.05, 0.1) is 20.3 Å². The zero-order valence-corrected chi connectivity index (χ0v) is 19.6. The third kappa shape index (κ3) is 3.70. The quantitative estimate of drug-likeness (QED) is 0.369. The number of carbonyl (C=O) groups excluding carboxylic acids is 1. The van der Waals surface area contributed by atoms with E-state index < -0.39 is 5.54 Å². The summed E-state index contributed by atoms with van der Waals surface area (Å²) < 4.78 is 11.1. The van der Waals surface area contributed by atoms with Gasteiger partial charge in [-0.3, -0.25) is 9.69 Å². The van der Waals surface area contributed by atoms with Crippen molar-refractivity contribution < 1.29 is 14.3 Å². The fourth-order valence-corrected chi connectivity index (χ4v) is 4.82. The van der Waals surface area contributed by atoms with E-state index in [4.69, 9.17) is 9.47 Å². The van der Waals surface area contributed by atoms with E-state index in [1.165, 1.54) is 0 Å². The molecule has 1 atom stereocenters. The predicted octanol–water partition coefficient (Wildman–Crippen LogP) is 5.95. The van der Waals surface area contributed by atoms with Crippen molar-refractivity contribution in [3.63, 3.8) is 0 Å². The van der Waals surface area contributed by atoms with Gasteiger partial charge in [0.15, 0.2) is 17.0 Å². The molecule has 5 rings (SSSR count). The minimum atomic E-state index is -1.30. The molecule has 1 unspecified atom stereocenters. The molecule has 0 fully saturated rings. The van der Waals surface area contributed by atoms with Crippen LogP contribution in [0.25, 0.3) is 16.8 Å². The molecule has 0 radical (unpaired) electrons. The molecule has 1 heterocycles. The van der Waals surface area contributed by atoms with Gasteiger partial charge in [-0.25, -0.2) is 0 Å². The van der Waals surface area contributed by atoms with Crippen molar-refractivity contribution in [3.05, 3.63) is 113 Å². The fraction of sp³-hybridized carbons (Fsp3) is 0.133. The van der Waals surface area contributed by atoms with Crippen LogP contribution >= 0.6 is 0 Å². The number of hydrogen-bond donors (Lipinski definition) is 0. The van der Waals surface area contributed by atoms with Crippen molar-refractivity contribution in [2.45, 2.75) is 12.0 Å². The Morgan fingerprint density at radius 2 is 1.60 bits per heavy atom. The van der Waals surface area contributed by atoms with Crippen LogP contribution in [0.4, 0.5) is 0 Å². The maximum absolute atomic E-state index is 13.8. The van der Waals surface area contributed by atoms with Crippen LogP contribution in [-0.2, 0) is 12.0 Å². The number of carbonyl (C=O) groups is 1. The Morgan fingerprint density at radius 3 is 2.34 bits per heavy atom. The van der Waals surface area contributed by atoms with Gasteiger partial charge in [-0.1, -0.05) is 60.7 Å². The normalized spacial score (nSPS) is 16.4. The number of nitriles is 1. The molecule has 35 heavy (non-hydrogen) atoms. The standard InChI is InChI=1S/C30H24N2O3/c1-34-27-17-23-15-16-32(29(33)22-10-4-3-5-11-22)30(20-31,26(23)18-28(27)35-2)19-24-13-8-12-21-9-6-7-14-25(21)24/h3-18H,19H2,1-2H3. The highest BCUT2D eigenvalue weighted by Crippen LogP contribution is 2.44. The van der Waals surface area contributed by atoms with E-state index in [0.29, 0.717) is 29.0 Å². The lowest BCUT2D eigenvalue weighted by Crippen LogP contribution is -2.49. The topological polar surface area (TPSA) is 62.6 Å². The van der Waals surface area contributed by atoms with E-state index >= 15 is 0 Å². The van der Waals surface area contributed by atoms with Gasteiger partial charge in [0, 0.05) is 23.7 Å². The first kappa shape index (κ1) is 22.2. The summed E-state index contributed by atoms with van der Waals surface area (Å²) in [5.41, 5.74) is 1.69. The van der Waals surface area contributed by atoms with Gasteiger partial charge >= 0.3 is 0 Å². The summed E-state index contributed by atoms with van der Waals surface area (Å²) in [7, 11) is 3.14. The highest BCUT2D eigenvalue weighted by molar-refractivity contribution is 5.97. The smallest absolute Gasteiger partial charge is 0.259 e. The molecular formula is C30H24N2O3. The zero-order chi connectivity index (χ0) is 24.4. The highest BCUT2D eigenvalue weighted by Gasteiger charge is 2.45. The summed E-state index contributed by atoms with van der Waals surface area (Å²) in [5, 5.41) is 13.0. The number of benzene rings is 4. The molecule has 1 amide bonds. The van der Waals surface area contributed by atoms with E-state index in [1.807, 2.05) is 78.9 Å². The molecule has 1 aliphatic heterocycles. The summed E-state index contributed by atoms with van der Waals surface area (Å²) >= 11 is 0. The zero-order valence-electron chi connectivity index (χ0n) is 19.6. The van der Waals surface area contributed by atoms with Gasteiger partial charge in [0.1, 0.15) is 0 Å². The number of ether oxygens (including phenoxy) is 2. The SMILES string of the molecule is COc1cc2c(cc1OC)C(C#N)(Cc1cccc3ccccc13)N(C(=O)c1ccccc1)C=C2. The molecule has 0 N–H and O–H groups in total. The molecule has 0 aromatic heterocycles. The average Bonchev–Trinajstić information content (AvgIpc) is 2.92. The number of rotatable bonds is 5. The number of nitrogens with zero attached hydrogens (tertiary/aromatic N) is 2. The molecule has 0 spiro atoms. The summed E-state index contributed by atoms with van der Waals surface area (Å²) in [6.07, 6.45) is 3.85. The molecule has 5 nitrogen and oxygen atoms in total. The van der Waals surface area contributed by atoms with Crippen molar-refractivity contribution in [2.75, 3.05) is 14.2 Å². The molecule has 4 aromatic carbocycles. The van der Waals surface area contributed by atoms with Gasteiger partial charge in [-0.2, -0.15) is 5.26 Å². The van der Waals surface area contributed by atoms with Crippen molar-refractivity contribution in [1.29, 1.82) is 5.26 Å². The molecule has 0 saturated carbocycles. The highest BCUT2D eigenvalue weighted by atomic mass is 16.5. The van der Waals surface area contributed by atoms with E-state index in [1.54, 1.807) is 37.5 Å². The van der Waals surface area contributed by atoms with Crippen LogP contribution in [0.1, 0.15) is 27.0 Å². The van der Waals surface area contributed by atoms with Crippen LogP contribution in [0.3, 0.4) is 0 Å². The van der Waals surface area contributed by atoms with E-state index in [2.05, 4.69) is 6.07 Å². The monoisotopic (exact) mass is 460 g/mol. The van der Waals surface area contributed by atoms with Crippen LogP contribution < -0.4 is 9.47 Å². The van der Waals surface area contributed by atoms with Crippen LogP contribution in [0.2, 0.25) is 0 Å². The van der Waals surface area contributed by atoms with Gasteiger partial charge in [0.25, 0.3) is 5.91 Å². The molecular weight excluding hydrogens is 436 g/mol. The fourth-order valence-electron chi connectivity index (χ4n) is 4.82. The summed E-state index contributed by atoms with van der Waals surface area (Å²) in [4.78, 5) is 15.3. The third-order valence-corrected chi connectivity index (χ3v) is 6.57. The molecule has 0 saturated heterocycles. The molecule has 4 aromatic rings. The van der Waals surface area contributed by atoms with Crippen molar-refractivity contribution in [1.82, 2.24) is 4.90 Å². The maximum Gasteiger partial charge on any atom is 0.259 e. The van der Waals surface area contributed by atoms with Crippen molar-refractivity contribution in [2.24, 2.45) is 0 Å². The Labute approximate surface area is 204 Å². The van der Waals surface area contributed by atoms with E-state index in [-0.39, 0.29) is 5.91 Å². The van der Waals surface area contributed by atoms with Crippen molar-refractivity contribution >= 4 is 22.8 Å². The molecule has 172 valence electrons. The Hall–Kier alpha value is -4.56. The first-order valence-electron chi connectivity index (χ1n) is 11.3. The third-order valence-electron chi connectivity index (χ3n) is 6.57. The summed E-state index contributed by atoms with van der Waals surface area (Å²) in [6.45, 7) is 0. The molecule has 0 bridgehead atoms. The number of hydrogen-bond acceptors (Lipinski definition) is 4. The van der Waals surface area contributed by atoms with E-state index in [9.17, 15) is 10.1 Å². The van der Waals surface area contributed by atoms with Gasteiger partial charge < -0.3 is 9.47 Å². The second-order valence-electron chi connectivity index (χ2n) is 8.44. The van der Waals surface area contributed by atoms with Gasteiger partial charge in [-0.05, 0) is 52.2 Å². The minimum absolute atomic E-state index is 0.246. The molecule has 1 aliphatic rings. The first-order valence-corrected chi connectivity index (χ1v) is 11.3. The van der Waals surface area contributed by atoms with Gasteiger partial charge in [0.2, 0.25) is 0 Å². The van der Waals surface area contributed by atoms with E-state index in [0.717, 1.165) is 21.9 Å². The molecule has 0 aliphatic carbocycles. The second kappa shape index (κ2) is 9.00. The van der Waals surface area contributed by atoms with Gasteiger partial charge in [-0.15, -0.1) is 0 Å². The average molecular weight is 461 g/mol. The maximum atomic E-state index is 13.8. The molecule has 5 heteroatoms. The summed E-state index contributed by atoms with van der Waals surface area (Å²) in [6, 6.07) is 29.4. The van der Waals surface area contributed by atoms with Crippen molar-refractivity contribution in [3.8, 4) is 17.6 Å². The van der Waals surface area contributed by atoms with Crippen LogP contribution in [0, 0.1) is 11.3 Å². The summed E-state index contributed by atoms with van der Waals surface area (Å²) in [5.74, 6) is 0.825.